The minimum Gasteiger partial charge on any atom is -0.449 e. The lowest BCUT2D eigenvalue weighted by Crippen LogP contribution is -2.22. The normalized spacial score (nSPS) is 10.8. The molecule has 3 rings (SSSR count). The van der Waals surface area contributed by atoms with Gasteiger partial charge in [0.05, 0.1) is 12.3 Å². The maximum Gasteiger partial charge on any atom is 0.420 e. The van der Waals surface area contributed by atoms with Crippen molar-refractivity contribution in [2.45, 2.75) is 6.92 Å². The average molecular weight is 316 g/mol. The molecule has 22 heavy (non-hydrogen) atoms. The number of para-hydroxylation sites is 1. The highest BCUT2D eigenvalue weighted by Crippen LogP contribution is 2.10. The SMILES string of the molecule is CCOC(=O)n1cnc2c(=O)n(-c3ccccc3)c(=S)[nH]c21. The number of nitrogens with zero attached hydrogens (tertiary/aromatic N) is 3. The number of benzene rings is 1. The number of carbonyl (C=O) groups is 1. The first-order valence-corrected chi connectivity index (χ1v) is 6.99. The zero-order valence-electron chi connectivity index (χ0n) is 11.6. The average Bonchev–Trinajstić information content (AvgIpc) is 2.92. The Balaban J connectivity index is 2.27. The molecule has 0 spiro atoms. The number of nitrogens with one attached hydrogen (secondary N) is 1. The van der Waals surface area contributed by atoms with Crippen LogP contribution in [0.15, 0.2) is 41.5 Å². The molecule has 112 valence electrons. The minimum atomic E-state index is -0.618. The monoisotopic (exact) mass is 316 g/mol. The second-order valence-corrected chi connectivity index (χ2v) is 4.80. The Morgan fingerprint density at radius 2 is 2.09 bits per heavy atom. The van der Waals surface area contributed by atoms with Crippen molar-refractivity contribution in [2.24, 2.45) is 0 Å². The predicted octanol–water partition coefficient (Wildman–Crippen LogP) is 2.25. The fourth-order valence-corrected chi connectivity index (χ4v) is 2.41. The molecule has 2 heterocycles. The molecule has 0 atom stereocenters. The van der Waals surface area contributed by atoms with Gasteiger partial charge in [0.2, 0.25) is 0 Å². The molecule has 0 aliphatic rings. The Hall–Kier alpha value is -2.74. The predicted molar refractivity (Wildman–Crippen MR) is 82.9 cm³/mol. The third-order valence-corrected chi connectivity index (χ3v) is 3.37. The van der Waals surface area contributed by atoms with Gasteiger partial charge in [-0.05, 0) is 31.3 Å². The smallest absolute Gasteiger partial charge is 0.420 e. The first-order valence-electron chi connectivity index (χ1n) is 6.58. The lowest BCUT2D eigenvalue weighted by atomic mass is 10.3. The topological polar surface area (TPSA) is 81.9 Å². The van der Waals surface area contributed by atoms with E-state index in [1.54, 1.807) is 31.2 Å². The molecule has 0 fully saturated rings. The third-order valence-electron chi connectivity index (χ3n) is 3.08. The Kier molecular flexibility index (Phi) is 3.60. The quantitative estimate of drug-likeness (QED) is 0.733. The first-order chi connectivity index (χ1) is 10.6. The van der Waals surface area contributed by atoms with Gasteiger partial charge in [-0.1, -0.05) is 18.2 Å². The van der Waals surface area contributed by atoms with Crippen LogP contribution in [0.2, 0.25) is 0 Å². The summed E-state index contributed by atoms with van der Waals surface area (Å²) >= 11 is 5.24. The molecule has 0 saturated heterocycles. The van der Waals surface area contributed by atoms with Crippen molar-refractivity contribution >= 4 is 29.5 Å². The van der Waals surface area contributed by atoms with Crippen LogP contribution in [-0.4, -0.2) is 31.8 Å². The molecule has 2 aromatic heterocycles. The zero-order valence-corrected chi connectivity index (χ0v) is 12.5. The molecular formula is C14H12N4O3S. The van der Waals surface area contributed by atoms with E-state index >= 15 is 0 Å². The lowest BCUT2D eigenvalue weighted by molar-refractivity contribution is 0.155. The van der Waals surface area contributed by atoms with E-state index < -0.39 is 11.7 Å². The molecule has 0 bridgehead atoms. The Morgan fingerprint density at radius 3 is 2.77 bits per heavy atom. The molecule has 0 radical (unpaired) electrons. The van der Waals surface area contributed by atoms with Gasteiger partial charge in [0, 0.05) is 0 Å². The van der Waals surface area contributed by atoms with Crippen LogP contribution in [0.4, 0.5) is 4.79 Å². The number of ether oxygens (including phenoxy) is 1. The van der Waals surface area contributed by atoms with E-state index in [1.807, 2.05) is 6.07 Å². The van der Waals surface area contributed by atoms with Gasteiger partial charge in [-0.15, -0.1) is 0 Å². The Labute approximate surface area is 129 Å². The number of imidazole rings is 1. The van der Waals surface area contributed by atoms with Gasteiger partial charge < -0.3 is 9.72 Å². The summed E-state index contributed by atoms with van der Waals surface area (Å²) in [5.74, 6) is 0. The molecule has 8 heteroatoms. The van der Waals surface area contributed by atoms with Crippen LogP contribution in [0.5, 0.6) is 0 Å². The standard InChI is InChI=1S/C14H12N4O3S/c1-2-21-14(20)17-8-15-10-11(17)16-13(22)18(12(10)19)9-6-4-3-5-7-9/h3-8H,2H2,1H3,(H,16,22). The second-order valence-electron chi connectivity index (χ2n) is 4.42. The van der Waals surface area contributed by atoms with Gasteiger partial charge in [-0.25, -0.2) is 14.3 Å². The van der Waals surface area contributed by atoms with Crippen LogP contribution in [0.3, 0.4) is 0 Å². The summed E-state index contributed by atoms with van der Waals surface area (Å²) in [5, 5.41) is 0. The van der Waals surface area contributed by atoms with E-state index in [0.29, 0.717) is 5.69 Å². The van der Waals surface area contributed by atoms with Gasteiger partial charge in [-0.2, -0.15) is 0 Å². The van der Waals surface area contributed by atoms with Crippen molar-refractivity contribution < 1.29 is 9.53 Å². The van der Waals surface area contributed by atoms with E-state index in [1.165, 1.54) is 10.9 Å². The number of H-pyrrole nitrogens is 1. The van der Waals surface area contributed by atoms with Crippen LogP contribution in [0.25, 0.3) is 16.9 Å². The molecule has 1 aromatic carbocycles. The lowest BCUT2D eigenvalue weighted by Gasteiger charge is -2.07. The van der Waals surface area contributed by atoms with Crippen LogP contribution in [0, 0.1) is 4.77 Å². The molecule has 0 aliphatic heterocycles. The molecule has 0 unspecified atom stereocenters. The minimum absolute atomic E-state index is 0.116. The molecule has 0 aliphatic carbocycles. The number of fused-ring (bicyclic) bond motifs is 1. The fraction of sp³-hybridized carbons (Fsp3) is 0.143. The number of aromatic amines is 1. The summed E-state index contributed by atoms with van der Waals surface area (Å²) < 4.78 is 7.55. The van der Waals surface area contributed by atoms with E-state index in [0.717, 1.165) is 4.57 Å². The fourth-order valence-electron chi connectivity index (χ4n) is 2.12. The van der Waals surface area contributed by atoms with Crippen LogP contribution >= 0.6 is 12.2 Å². The second kappa shape index (κ2) is 5.57. The summed E-state index contributed by atoms with van der Waals surface area (Å²) in [7, 11) is 0. The number of hydrogen-bond acceptors (Lipinski definition) is 5. The zero-order chi connectivity index (χ0) is 15.7. The Morgan fingerprint density at radius 1 is 1.36 bits per heavy atom. The number of carbonyl (C=O) groups excluding carboxylic acids is 1. The Bertz CT molecular complexity index is 956. The van der Waals surface area contributed by atoms with Gasteiger partial charge in [0.1, 0.15) is 6.33 Å². The van der Waals surface area contributed by atoms with Gasteiger partial charge in [-0.3, -0.25) is 9.36 Å². The van der Waals surface area contributed by atoms with E-state index in [4.69, 9.17) is 17.0 Å². The largest absolute Gasteiger partial charge is 0.449 e. The van der Waals surface area contributed by atoms with Crippen molar-refractivity contribution in [3.8, 4) is 5.69 Å². The van der Waals surface area contributed by atoms with Gasteiger partial charge in [0.15, 0.2) is 15.9 Å². The van der Waals surface area contributed by atoms with Gasteiger partial charge in [0.25, 0.3) is 5.56 Å². The maximum atomic E-state index is 12.6. The van der Waals surface area contributed by atoms with Crippen LogP contribution < -0.4 is 5.56 Å². The summed E-state index contributed by atoms with van der Waals surface area (Å²) in [4.78, 5) is 31.3. The van der Waals surface area contributed by atoms with E-state index in [-0.39, 0.29) is 22.5 Å². The highest BCUT2D eigenvalue weighted by atomic mass is 32.1. The van der Waals surface area contributed by atoms with Gasteiger partial charge >= 0.3 is 6.09 Å². The number of hydrogen-bond donors (Lipinski definition) is 1. The maximum absolute atomic E-state index is 12.6. The first kappa shape index (κ1) is 14.2. The number of aromatic nitrogens is 4. The highest BCUT2D eigenvalue weighted by Gasteiger charge is 2.16. The van der Waals surface area contributed by atoms with Crippen LogP contribution in [-0.2, 0) is 4.74 Å². The van der Waals surface area contributed by atoms with Crippen molar-refractivity contribution in [1.82, 2.24) is 19.1 Å². The summed E-state index contributed by atoms with van der Waals surface area (Å²) in [6.45, 7) is 1.92. The van der Waals surface area contributed by atoms with Crippen LogP contribution in [0.1, 0.15) is 6.92 Å². The third kappa shape index (κ3) is 2.23. The molecular weight excluding hydrogens is 304 g/mol. The molecule has 1 N–H and O–H groups in total. The number of rotatable bonds is 2. The summed E-state index contributed by atoms with van der Waals surface area (Å²) in [6.07, 6.45) is 0.623. The van der Waals surface area contributed by atoms with E-state index in [9.17, 15) is 9.59 Å². The molecule has 7 nitrogen and oxygen atoms in total. The van der Waals surface area contributed by atoms with Crippen molar-refractivity contribution in [3.05, 3.63) is 51.8 Å². The van der Waals surface area contributed by atoms with Crippen molar-refractivity contribution in [1.29, 1.82) is 0 Å². The summed E-state index contributed by atoms with van der Waals surface area (Å²) in [6, 6.07) is 8.98. The van der Waals surface area contributed by atoms with Crippen molar-refractivity contribution in [2.75, 3.05) is 6.61 Å². The molecule has 0 amide bonds. The molecule has 3 aromatic rings. The molecule has 0 saturated carbocycles. The summed E-state index contributed by atoms with van der Waals surface area (Å²) in [5.41, 5.74) is 0.570. The van der Waals surface area contributed by atoms with Crippen molar-refractivity contribution in [3.63, 3.8) is 0 Å². The highest BCUT2D eigenvalue weighted by molar-refractivity contribution is 7.71. The van der Waals surface area contributed by atoms with E-state index in [2.05, 4.69) is 9.97 Å².